The van der Waals surface area contributed by atoms with Crippen molar-refractivity contribution in [1.29, 1.82) is 0 Å². The van der Waals surface area contributed by atoms with Crippen LogP contribution in [0.1, 0.15) is 22.3 Å². The van der Waals surface area contributed by atoms with E-state index in [9.17, 15) is 14.4 Å². The first-order valence-electron chi connectivity index (χ1n) is 8.48. The lowest BCUT2D eigenvalue weighted by atomic mass is 10.2. The summed E-state index contributed by atoms with van der Waals surface area (Å²) in [6, 6.07) is 11.9. The van der Waals surface area contributed by atoms with Crippen LogP contribution in [0.3, 0.4) is 0 Å². The van der Waals surface area contributed by atoms with Gasteiger partial charge in [0, 0.05) is 16.3 Å². The van der Waals surface area contributed by atoms with Gasteiger partial charge in [-0.3, -0.25) is 14.9 Å². The van der Waals surface area contributed by atoms with Gasteiger partial charge in [0.25, 0.3) is 5.91 Å². The van der Waals surface area contributed by atoms with Crippen molar-refractivity contribution in [1.82, 2.24) is 10.7 Å². The average Bonchev–Trinajstić information content (AvgIpc) is 3.03. The Bertz CT molecular complexity index is 1000. The van der Waals surface area contributed by atoms with Gasteiger partial charge in [0.05, 0.1) is 18.2 Å². The summed E-state index contributed by atoms with van der Waals surface area (Å²) in [7, 11) is 0. The van der Waals surface area contributed by atoms with E-state index in [-0.39, 0.29) is 17.9 Å². The van der Waals surface area contributed by atoms with E-state index in [0.717, 1.165) is 0 Å². The van der Waals surface area contributed by atoms with Crippen LogP contribution in [0.15, 0.2) is 58.6 Å². The Morgan fingerprint density at radius 2 is 1.93 bits per heavy atom. The molecular formula is C19H16ClN5O4. The summed E-state index contributed by atoms with van der Waals surface area (Å²) in [5.74, 6) is -1.80. The third kappa shape index (κ3) is 5.39. The Morgan fingerprint density at radius 1 is 1.21 bits per heavy atom. The molecule has 2 aromatic rings. The number of aromatic carboxylic acids is 1. The summed E-state index contributed by atoms with van der Waals surface area (Å²) in [5, 5.41) is 18.5. The van der Waals surface area contributed by atoms with Crippen molar-refractivity contribution < 1.29 is 19.5 Å². The van der Waals surface area contributed by atoms with E-state index < -0.39 is 23.8 Å². The Kier molecular flexibility index (Phi) is 6.20. The highest BCUT2D eigenvalue weighted by Crippen LogP contribution is 2.13. The number of carboxylic acid groups (broad SMARTS) is 1. The van der Waals surface area contributed by atoms with Crippen LogP contribution in [0.5, 0.6) is 0 Å². The second-order valence-electron chi connectivity index (χ2n) is 6.01. The molecular weight excluding hydrogens is 398 g/mol. The number of amides is 2. The Balaban J connectivity index is 1.54. The fraction of sp³-hybridized carbons (Fsp3) is 0.105. The molecule has 3 rings (SSSR count). The maximum atomic E-state index is 12.1. The topological polar surface area (TPSA) is 132 Å². The van der Waals surface area contributed by atoms with Crippen LogP contribution in [0.25, 0.3) is 0 Å². The van der Waals surface area contributed by atoms with E-state index >= 15 is 0 Å². The molecule has 9 nitrogen and oxygen atoms in total. The van der Waals surface area contributed by atoms with Crippen LogP contribution in [0.2, 0.25) is 5.02 Å². The molecule has 0 fully saturated rings. The largest absolute Gasteiger partial charge is 0.478 e. The fourth-order valence-electron chi connectivity index (χ4n) is 2.47. The normalized spacial score (nSPS) is 15.7. The molecule has 1 aliphatic rings. The van der Waals surface area contributed by atoms with Crippen LogP contribution < -0.4 is 16.1 Å². The highest BCUT2D eigenvalue weighted by Gasteiger charge is 2.28. The second kappa shape index (κ2) is 8.98. The second-order valence-corrected chi connectivity index (χ2v) is 6.42. The number of rotatable bonds is 6. The summed E-state index contributed by atoms with van der Waals surface area (Å²) in [6.07, 6.45) is 1.31. The summed E-state index contributed by atoms with van der Waals surface area (Å²) < 4.78 is 0. The third-order valence-corrected chi connectivity index (χ3v) is 4.25. The van der Waals surface area contributed by atoms with E-state index in [1.807, 2.05) is 6.07 Å². The molecule has 1 atom stereocenters. The SMILES string of the molecule is O=C(CC1N=C(N/N=C/c2ccccc2Cl)NC1=O)Nc1ccc(C(=O)O)cc1. The number of carboxylic acids is 1. The predicted molar refractivity (Wildman–Crippen MR) is 108 cm³/mol. The molecule has 1 unspecified atom stereocenters. The number of carbonyl (C=O) groups excluding carboxylic acids is 2. The minimum atomic E-state index is -1.06. The Hall–Kier alpha value is -3.72. The molecule has 0 saturated heterocycles. The molecule has 0 aromatic heterocycles. The summed E-state index contributed by atoms with van der Waals surface area (Å²) in [5.41, 5.74) is 3.82. The minimum Gasteiger partial charge on any atom is -0.478 e. The molecule has 0 aliphatic carbocycles. The standard InChI is InChI=1S/C19H16ClN5O4/c20-14-4-2-1-3-12(14)10-21-25-19-23-15(17(27)24-19)9-16(26)22-13-7-5-11(6-8-13)18(28)29/h1-8,10,15H,9H2,(H,22,26)(H,28,29)(H2,23,24,25,27)/b21-10+. The number of carbonyl (C=O) groups is 3. The number of hydrogen-bond acceptors (Lipinski definition) is 6. The molecule has 0 spiro atoms. The van der Waals surface area contributed by atoms with Crippen molar-refractivity contribution in [2.75, 3.05) is 5.32 Å². The monoisotopic (exact) mass is 413 g/mol. The molecule has 0 radical (unpaired) electrons. The van der Waals surface area contributed by atoms with Crippen molar-refractivity contribution in [3.05, 3.63) is 64.7 Å². The number of aliphatic imine (C=N–C) groups is 1. The van der Waals surface area contributed by atoms with Gasteiger partial charge in [-0.05, 0) is 30.3 Å². The van der Waals surface area contributed by atoms with E-state index in [2.05, 4.69) is 26.2 Å². The lowest BCUT2D eigenvalue weighted by Gasteiger charge is -2.07. The van der Waals surface area contributed by atoms with Crippen LogP contribution in [0.4, 0.5) is 5.69 Å². The third-order valence-electron chi connectivity index (χ3n) is 3.90. The zero-order valence-corrected chi connectivity index (χ0v) is 15.7. The van der Waals surface area contributed by atoms with E-state index in [1.165, 1.54) is 30.5 Å². The summed E-state index contributed by atoms with van der Waals surface area (Å²) in [4.78, 5) is 39.1. The molecule has 10 heteroatoms. The molecule has 29 heavy (non-hydrogen) atoms. The first-order chi connectivity index (χ1) is 13.9. The predicted octanol–water partition coefficient (Wildman–Crippen LogP) is 1.84. The molecule has 2 aromatic carbocycles. The highest BCUT2D eigenvalue weighted by atomic mass is 35.5. The number of benzene rings is 2. The minimum absolute atomic E-state index is 0.107. The molecule has 2 amide bonds. The van der Waals surface area contributed by atoms with Crippen LogP contribution in [-0.2, 0) is 9.59 Å². The average molecular weight is 414 g/mol. The molecule has 4 N–H and O–H groups in total. The van der Waals surface area contributed by atoms with Gasteiger partial charge in [-0.15, -0.1) is 0 Å². The summed E-state index contributed by atoms with van der Waals surface area (Å²) >= 11 is 6.02. The van der Waals surface area contributed by atoms with Crippen LogP contribution >= 0.6 is 11.6 Å². The van der Waals surface area contributed by atoms with Crippen LogP contribution in [-0.4, -0.2) is 41.1 Å². The molecule has 1 aliphatic heterocycles. The first kappa shape index (κ1) is 20.0. The van der Waals surface area contributed by atoms with Crippen molar-refractivity contribution in [2.24, 2.45) is 10.1 Å². The van der Waals surface area contributed by atoms with Gasteiger partial charge in [-0.1, -0.05) is 29.8 Å². The van der Waals surface area contributed by atoms with Crippen molar-refractivity contribution >= 4 is 47.2 Å². The van der Waals surface area contributed by atoms with Gasteiger partial charge < -0.3 is 10.4 Å². The Morgan fingerprint density at radius 3 is 2.62 bits per heavy atom. The number of halogens is 1. The van der Waals surface area contributed by atoms with Gasteiger partial charge in [-0.25, -0.2) is 15.2 Å². The maximum Gasteiger partial charge on any atom is 0.335 e. The zero-order chi connectivity index (χ0) is 20.8. The summed E-state index contributed by atoms with van der Waals surface area (Å²) in [6.45, 7) is 0. The maximum absolute atomic E-state index is 12.1. The van der Waals surface area contributed by atoms with Gasteiger partial charge in [0.15, 0.2) is 0 Å². The van der Waals surface area contributed by atoms with E-state index in [0.29, 0.717) is 16.3 Å². The smallest absolute Gasteiger partial charge is 0.335 e. The van der Waals surface area contributed by atoms with Crippen molar-refractivity contribution in [3.8, 4) is 0 Å². The van der Waals surface area contributed by atoms with Gasteiger partial charge in [-0.2, -0.15) is 5.10 Å². The number of hydrazone groups is 1. The Labute approximate surface area is 170 Å². The lowest BCUT2D eigenvalue weighted by Crippen LogP contribution is -2.35. The van der Waals surface area contributed by atoms with E-state index in [4.69, 9.17) is 16.7 Å². The van der Waals surface area contributed by atoms with E-state index in [1.54, 1.807) is 18.2 Å². The number of hydrogen-bond donors (Lipinski definition) is 4. The number of guanidine groups is 1. The highest BCUT2D eigenvalue weighted by molar-refractivity contribution is 6.33. The molecule has 0 saturated carbocycles. The van der Waals surface area contributed by atoms with Crippen molar-refractivity contribution in [3.63, 3.8) is 0 Å². The molecule has 1 heterocycles. The number of nitrogens with one attached hydrogen (secondary N) is 3. The van der Waals surface area contributed by atoms with Gasteiger partial charge in [0.2, 0.25) is 11.9 Å². The molecule has 0 bridgehead atoms. The molecule has 148 valence electrons. The lowest BCUT2D eigenvalue weighted by molar-refractivity contribution is -0.123. The zero-order valence-electron chi connectivity index (χ0n) is 14.9. The van der Waals surface area contributed by atoms with Gasteiger partial charge in [0.1, 0.15) is 6.04 Å². The van der Waals surface area contributed by atoms with Crippen molar-refractivity contribution in [2.45, 2.75) is 12.5 Å². The first-order valence-corrected chi connectivity index (χ1v) is 8.85. The quantitative estimate of drug-likeness (QED) is 0.423. The fourth-order valence-corrected chi connectivity index (χ4v) is 2.65. The van der Waals surface area contributed by atoms with Gasteiger partial charge >= 0.3 is 5.97 Å². The van der Waals surface area contributed by atoms with Crippen LogP contribution in [0, 0.1) is 0 Å². The number of anilines is 1. The number of nitrogens with zero attached hydrogens (tertiary/aromatic N) is 2.